The maximum absolute atomic E-state index is 11.8. The highest BCUT2D eigenvalue weighted by atomic mass is 32.2. The summed E-state index contributed by atoms with van der Waals surface area (Å²) < 4.78 is 22.8. The summed E-state index contributed by atoms with van der Waals surface area (Å²) in [6.07, 6.45) is 3.41. The van der Waals surface area contributed by atoms with Crippen LogP contribution in [0.15, 0.2) is 29.2 Å². The number of benzene rings is 1. The molecule has 1 saturated heterocycles. The third-order valence-electron chi connectivity index (χ3n) is 3.81. The monoisotopic (exact) mass is 294 g/mol. The second-order valence-electron chi connectivity index (χ2n) is 5.65. The summed E-state index contributed by atoms with van der Waals surface area (Å²) in [6, 6.07) is 7.23. The lowest BCUT2D eigenvalue weighted by Crippen LogP contribution is -2.54. The maximum atomic E-state index is 11.8. The van der Waals surface area contributed by atoms with Gasteiger partial charge in [0, 0.05) is 31.1 Å². The van der Waals surface area contributed by atoms with Gasteiger partial charge in [0.25, 0.3) is 0 Å². The van der Waals surface area contributed by atoms with E-state index in [0.29, 0.717) is 24.0 Å². The molecule has 1 saturated carbocycles. The molecular weight excluding hydrogens is 276 g/mol. The van der Waals surface area contributed by atoms with Crippen molar-refractivity contribution >= 4 is 21.4 Å². The predicted octanol–water partition coefficient (Wildman–Crippen LogP) is 0.805. The second kappa shape index (κ2) is 4.77. The number of carbonyl (C=O) groups is 1. The van der Waals surface area contributed by atoms with Gasteiger partial charge in [0.1, 0.15) is 0 Å². The fourth-order valence-corrected chi connectivity index (χ4v) is 2.94. The predicted molar refractivity (Wildman–Crippen MR) is 76.4 cm³/mol. The van der Waals surface area contributed by atoms with E-state index in [0.717, 1.165) is 18.5 Å². The lowest BCUT2D eigenvalue weighted by Gasteiger charge is -2.40. The van der Waals surface area contributed by atoms with Crippen molar-refractivity contribution in [3.63, 3.8) is 0 Å². The first-order valence-corrected chi connectivity index (χ1v) is 8.68. The molecule has 0 bridgehead atoms. The van der Waals surface area contributed by atoms with Crippen molar-refractivity contribution in [3.05, 3.63) is 24.3 Å². The Hall–Kier alpha value is -1.56. The van der Waals surface area contributed by atoms with E-state index in [1.807, 2.05) is 0 Å². The minimum Gasteiger partial charge on any atom is -0.370 e. The van der Waals surface area contributed by atoms with Crippen LogP contribution in [-0.4, -0.2) is 39.7 Å². The molecule has 1 aromatic carbocycles. The number of hydrogen-bond acceptors (Lipinski definition) is 4. The molecule has 0 radical (unpaired) electrons. The summed E-state index contributed by atoms with van der Waals surface area (Å²) in [7, 11) is -3.15. The third-order valence-corrected chi connectivity index (χ3v) is 4.93. The van der Waals surface area contributed by atoms with Crippen LogP contribution in [0, 0.1) is 5.92 Å². The van der Waals surface area contributed by atoms with Crippen LogP contribution in [0.5, 0.6) is 0 Å². The Morgan fingerprint density at radius 2 is 1.80 bits per heavy atom. The number of carbonyl (C=O) groups excluding carboxylic acids is 1. The van der Waals surface area contributed by atoms with E-state index in [-0.39, 0.29) is 11.8 Å². The summed E-state index contributed by atoms with van der Waals surface area (Å²) in [5.74, 6) is 0.210. The van der Waals surface area contributed by atoms with Crippen molar-refractivity contribution in [2.75, 3.05) is 24.2 Å². The lowest BCUT2D eigenvalue weighted by atomic mass is 9.98. The fourth-order valence-electron chi connectivity index (χ4n) is 2.31. The van der Waals surface area contributed by atoms with Gasteiger partial charge in [-0.2, -0.15) is 0 Å². The SMILES string of the molecule is CS(=O)(=O)c1ccc(N2CC(C(=O)NC3CC3)C2)cc1. The molecule has 2 fully saturated rings. The zero-order valence-electron chi connectivity index (χ0n) is 11.4. The average molecular weight is 294 g/mol. The Morgan fingerprint density at radius 3 is 2.30 bits per heavy atom. The molecule has 1 N–H and O–H groups in total. The van der Waals surface area contributed by atoms with E-state index >= 15 is 0 Å². The minimum atomic E-state index is -3.15. The van der Waals surface area contributed by atoms with Crippen LogP contribution in [0.4, 0.5) is 5.69 Å². The van der Waals surface area contributed by atoms with Crippen LogP contribution < -0.4 is 10.2 Å². The number of hydrogen-bond donors (Lipinski definition) is 1. The minimum absolute atomic E-state index is 0.0604. The number of amides is 1. The molecule has 108 valence electrons. The molecule has 20 heavy (non-hydrogen) atoms. The molecule has 6 heteroatoms. The van der Waals surface area contributed by atoms with Gasteiger partial charge in [-0.05, 0) is 37.1 Å². The lowest BCUT2D eigenvalue weighted by molar-refractivity contribution is -0.125. The van der Waals surface area contributed by atoms with Crippen molar-refractivity contribution in [1.29, 1.82) is 0 Å². The van der Waals surface area contributed by atoms with Crippen molar-refractivity contribution < 1.29 is 13.2 Å². The van der Waals surface area contributed by atoms with Gasteiger partial charge < -0.3 is 10.2 Å². The maximum Gasteiger partial charge on any atom is 0.226 e. The zero-order valence-corrected chi connectivity index (χ0v) is 12.2. The Morgan fingerprint density at radius 1 is 1.20 bits per heavy atom. The van der Waals surface area contributed by atoms with Gasteiger partial charge in [0.2, 0.25) is 5.91 Å². The summed E-state index contributed by atoms with van der Waals surface area (Å²) >= 11 is 0. The number of anilines is 1. The molecule has 1 amide bonds. The van der Waals surface area contributed by atoms with Gasteiger partial charge in [-0.3, -0.25) is 4.79 Å². The van der Waals surface area contributed by atoms with Crippen LogP contribution in [0.1, 0.15) is 12.8 Å². The Bertz CT molecular complexity index is 614. The molecule has 0 atom stereocenters. The molecule has 5 nitrogen and oxygen atoms in total. The molecular formula is C14H18N2O3S. The smallest absolute Gasteiger partial charge is 0.226 e. The Balaban J connectivity index is 1.58. The normalized spacial score (nSPS) is 19.6. The zero-order chi connectivity index (χ0) is 14.3. The molecule has 0 aromatic heterocycles. The highest BCUT2D eigenvalue weighted by molar-refractivity contribution is 7.90. The third kappa shape index (κ3) is 2.80. The Labute approximate surface area is 118 Å². The molecule has 0 spiro atoms. The quantitative estimate of drug-likeness (QED) is 0.892. The summed E-state index contributed by atoms with van der Waals surface area (Å²) in [5, 5.41) is 3.01. The van der Waals surface area contributed by atoms with Gasteiger partial charge in [-0.1, -0.05) is 0 Å². The molecule has 0 unspecified atom stereocenters. The number of sulfone groups is 1. The van der Waals surface area contributed by atoms with Crippen LogP contribution in [0.3, 0.4) is 0 Å². The number of rotatable bonds is 4. The van der Waals surface area contributed by atoms with Crippen molar-refractivity contribution in [2.45, 2.75) is 23.8 Å². The molecule has 1 aliphatic carbocycles. The second-order valence-corrected chi connectivity index (χ2v) is 7.67. The van der Waals surface area contributed by atoms with Crippen molar-refractivity contribution in [3.8, 4) is 0 Å². The van der Waals surface area contributed by atoms with Gasteiger partial charge in [0.15, 0.2) is 9.84 Å². The largest absolute Gasteiger partial charge is 0.370 e. The van der Waals surface area contributed by atoms with Crippen LogP contribution in [0.25, 0.3) is 0 Å². The molecule has 1 aromatic rings. The summed E-state index contributed by atoms with van der Waals surface area (Å²) in [6.45, 7) is 1.41. The van der Waals surface area contributed by atoms with Gasteiger partial charge >= 0.3 is 0 Å². The molecule has 2 aliphatic rings. The molecule has 1 aliphatic heterocycles. The average Bonchev–Trinajstić information content (AvgIpc) is 3.10. The van der Waals surface area contributed by atoms with E-state index in [4.69, 9.17) is 0 Å². The molecule has 1 heterocycles. The van der Waals surface area contributed by atoms with E-state index in [1.165, 1.54) is 6.26 Å². The van der Waals surface area contributed by atoms with E-state index in [1.54, 1.807) is 24.3 Å². The Kier molecular flexibility index (Phi) is 3.20. The van der Waals surface area contributed by atoms with Crippen LogP contribution in [-0.2, 0) is 14.6 Å². The van der Waals surface area contributed by atoms with E-state index < -0.39 is 9.84 Å². The number of nitrogens with one attached hydrogen (secondary N) is 1. The van der Waals surface area contributed by atoms with Gasteiger partial charge in [-0.25, -0.2) is 8.42 Å². The van der Waals surface area contributed by atoms with Gasteiger partial charge in [0.05, 0.1) is 10.8 Å². The summed E-state index contributed by atoms with van der Waals surface area (Å²) in [5.41, 5.74) is 0.966. The van der Waals surface area contributed by atoms with Gasteiger partial charge in [-0.15, -0.1) is 0 Å². The van der Waals surface area contributed by atoms with Crippen molar-refractivity contribution in [2.24, 2.45) is 5.92 Å². The fraction of sp³-hybridized carbons (Fsp3) is 0.500. The van der Waals surface area contributed by atoms with E-state index in [9.17, 15) is 13.2 Å². The standard InChI is InChI=1S/C14H18N2O3S/c1-20(18,19)13-6-4-12(5-7-13)16-8-10(9-16)14(17)15-11-2-3-11/h4-7,10-11H,2-3,8-9H2,1H3,(H,15,17). The van der Waals surface area contributed by atoms with Crippen LogP contribution in [0.2, 0.25) is 0 Å². The number of nitrogens with zero attached hydrogens (tertiary/aromatic N) is 1. The molecule has 3 rings (SSSR count). The highest BCUT2D eigenvalue weighted by Crippen LogP contribution is 2.27. The highest BCUT2D eigenvalue weighted by Gasteiger charge is 2.35. The summed E-state index contributed by atoms with van der Waals surface area (Å²) in [4.78, 5) is 14.2. The van der Waals surface area contributed by atoms with Crippen molar-refractivity contribution in [1.82, 2.24) is 5.32 Å². The first-order valence-electron chi connectivity index (χ1n) is 6.79. The van der Waals surface area contributed by atoms with Crippen LogP contribution >= 0.6 is 0 Å². The van der Waals surface area contributed by atoms with E-state index in [2.05, 4.69) is 10.2 Å². The first-order chi connectivity index (χ1) is 9.43. The topological polar surface area (TPSA) is 66.5 Å². The first kappa shape index (κ1) is 13.4.